The highest BCUT2D eigenvalue weighted by Crippen LogP contribution is 2.27. The molecule has 3 rings (SSSR count). The van der Waals surface area contributed by atoms with Gasteiger partial charge in [-0.25, -0.2) is 10.1 Å². The number of nitrogens with zero attached hydrogens (tertiary/aromatic N) is 2. The lowest BCUT2D eigenvalue weighted by atomic mass is 10.2. The van der Waals surface area contributed by atoms with Crippen LogP contribution in [0.2, 0.25) is 0 Å². The number of fused-ring (bicyclic) bond motifs is 1. The van der Waals surface area contributed by atoms with Crippen molar-refractivity contribution < 1.29 is 4.79 Å². The first-order valence-corrected chi connectivity index (χ1v) is 7.24. The molecule has 0 spiro atoms. The number of thiazole rings is 1. The van der Waals surface area contributed by atoms with Gasteiger partial charge in [-0.2, -0.15) is 5.10 Å². The number of anilines is 1. The number of aryl methyl sites for hydroxylation is 1. The molecule has 2 N–H and O–H groups in total. The van der Waals surface area contributed by atoms with Gasteiger partial charge in [0.15, 0.2) is 5.13 Å². The van der Waals surface area contributed by atoms with Crippen LogP contribution in [-0.4, -0.2) is 21.1 Å². The number of hydrogen-bond acceptors (Lipinski definition) is 5. The third-order valence-electron chi connectivity index (χ3n) is 2.99. The highest BCUT2D eigenvalue weighted by atomic mass is 32.1. The molecule has 0 aliphatic rings. The van der Waals surface area contributed by atoms with Crippen molar-refractivity contribution in [2.24, 2.45) is 0 Å². The summed E-state index contributed by atoms with van der Waals surface area (Å²) in [5.41, 5.74) is 1.87. The number of aromatic amines is 1. The van der Waals surface area contributed by atoms with Gasteiger partial charge in [-0.05, 0) is 30.2 Å². The van der Waals surface area contributed by atoms with E-state index >= 15 is 0 Å². The molecule has 7 heteroatoms. The third kappa shape index (κ3) is 2.82. The fourth-order valence-corrected chi connectivity index (χ4v) is 2.80. The number of carbonyl (C=O) groups is 1. The van der Waals surface area contributed by atoms with Crippen molar-refractivity contribution in [1.82, 2.24) is 15.2 Å². The fraction of sp³-hybridized carbons (Fsp3) is 0.143. The lowest BCUT2D eigenvalue weighted by Crippen LogP contribution is -2.17. The molecule has 0 atom stereocenters. The first kappa shape index (κ1) is 13.4. The van der Waals surface area contributed by atoms with Crippen LogP contribution in [0.3, 0.4) is 0 Å². The molecule has 0 aliphatic heterocycles. The van der Waals surface area contributed by atoms with Gasteiger partial charge in [0.05, 0.1) is 10.2 Å². The summed E-state index contributed by atoms with van der Waals surface area (Å²) in [6.07, 6.45) is 0.955. The third-order valence-corrected chi connectivity index (χ3v) is 3.93. The molecule has 0 saturated heterocycles. The smallest absolute Gasteiger partial charge is 0.277 e. The standard InChI is InChI=1S/C14H12N4O2S/c1-2-8-3-4-9-11(7-8)21-14(15-9)16-13(20)10-5-6-12(19)18-17-10/h3-7H,2H2,1H3,(H,18,19)(H,15,16,20). The van der Waals surface area contributed by atoms with E-state index in [1.807, 2.05) is 12.1 Å². The molecule has 3 aromatic rings. The maximum absolute atomic E-state index is 12.0. The Labute approximate surface area is 123 Å². The van der Waals surface area contributed by atoms with E-state index in [4.69, 9.17) is 0 Å². The van der Waals surface area contributed by atoms with Crippen LogP contribution in [0.25, 0.3) is 10.2 Å². The molecule has 1 amide bonds. The zero-order chi connectivity index (χ0) is 14.8. The molecule has 0 bridgehead atoms. The van der Waals surface area contributed by atoms with Crippen molar-refractivity contribution in [3.05, 3.63) is 51.9 Å². The maximum Gasteiger partial charge on any atom is 0.277 e. The van der Waals surface area contributed by atoms with E-state index in [1.54, 1.807) is 0 Å². The minimum absolute atomic E-state index is 0.142. The first-order valence-electron chi connectivity index (χ1n) is 6.42. The van der Waals surface area contributed by atoms with Gasteiger partial charge in [-0.15, -0.1) is 0 Å². The number of nitrogens with one attached hydrogen (secondary N) is 2. The van der Waals surface area contributed by atoms with Crippen LogP contribution in [-0.2, 0) is 6.42 Å². The van der Waals surface area contributed by atoms with E-state index in [1.165, 1.54) is 29.0 Å². The largest absolute Gasteiger partial charge is 0.296 e. The van der Waals surface area contributed by atoms with Gasteiger partial charge in [0.25, 0.3) is 11.5 Å². The Morgan fingerprint density at radius 3 is 2.90 bits per heavy atom. The summed E-state index contributed by atoms with van der Waals surface area (Å²) in [6.45, 7) is 2.09. The minimum Gasteiger partial charge on any atom is -0.296 e. The molecular formula is C14H12N4O2S. The van der Waals surface area contributed by atoms with Crippen LogP contribution < -0.4 is 10.9 Å². The zero-order valence-corrected chi connectivity index (χ0v) is 12.0. The Hall–Kier alpha value is -2.54. The summed E-state index contributed by atoms with van der Waals surface area (Å²) in [6, 6.07) is 8.67. The van der Waals surface area contributed by atoms with E-state index in [0.29, 0.717) is 5.13 Å². The number of hydrogen-bond donors (Lipinski definition) is 2. The summed E-state index contributed by atoms with van der Waals surface area (Å²) < 4.78 is 1.03. The molecule has 2 heterocycles. The normalized spacial score (nSPS) is 10.7. The molecule has 1 aromatic carbocycles. The van der Waals surface area contributed by atoms with E-state index in [2.05, 4.69) is 33.5 Å². The second-order valence-corrected chi connectivity index (χ2v) is 5.47. The van der Waals surface area contributed by atoms with Gasteiger partial charge in [-0.3, -0.25) is 14.9 Å². The van der Waals surface area contributed by atoms with Gasteiger partial charge < -0.3 is 0 Å². The molecule has 106 valence electrons. The summed E-state index contributed by atoms with van der Waals surface area (Å²) in [7, 11) is 0. The maximum atomic E-state index is 12.0. The van der Waals surface area contributed by atoms with Gasteiger partial charge >= 0.3 is 0 Å². The van der Waals surface area contributed by atoms with Crippen LogP contribution >= 0.6 is 11.3 Å². The number of amides is 1. The van der Waals surface area contributed by atoms with Crippen molar-refractivity contribution in [3.63, 3.8) is 0 Å². The Bertz CT molecular complexity index is 848. The SMILES string of the molecule is CCc1ccc2nc(NC(=O)c3ccc(=O)[nH]n3)sc2c1. The fourth-order valence-electron chi connectivity index (χ4n) is 1.87. The number of carbonyl (C=O) groups excluding carboxylic acids is 1. The van der Waals surface area contributed by atoms with Crippen molar-refractivity contribution in [3.8, 4) is 0 Å². The van der Waals surface area contributed by atoms with Crippen LogP contribution in [0, 0.1) is 0 Å². The average molecular weight is 300 g/mol. The lowest BCUT2D eigenvalue weighted by molar-refractivity contribution is 0.102. The first-order chi connectivity index (χ1) is 10.2. The second kappa shape index (κ2) is 5.45. The Morgan fingerprint density at radius 2 is 2.19 bits per heavy atom. The predicted molar refractivity (Wildman–Crippen MR) is 81.8 cm³/mol. The molecule has 6 nitrogen and oxygen atoms in total. The van der Waals surface area contributed by atoms with Gasteiger partial charge in [0, 0.05) is 6.07 Å². The highest BCUT2D eigenvalue weighted by Gasteiger charge is 2.11. The van der Waals surface area contributed by atoms with E-state index in [-0.39, 0.29) is 11.3 Å². The van der Waals surface area contributed by atoms with Crippen LogP contribution in [0.15, 0.2) is 35.1 Å². The molecule has 0 saturated carbocycles. The molecule has 0 fully saturated rings. The molecule has 21 heavy (non-hydrogen) atoms. The van der Waals surface area contributed by atoms with Crippen LogP contribution in [0.4, 0.5) is 5.13 Å². The van der Waals surface area contributed by atoms with Gasteiger partial charge in [-0.1, -0.05) is 24.3 Å². The van der Waals surface area contributed by atoms with Crippen molar-refractivity contribution in [2.45, 2.75) is 13.3 Å². The minimum atomic E-state index is -0.402. The topological polar surface area (TPSA) is 87.7 Å². The lowest BCUT2D eigenvalue weighted by Gasteiger charge is -1.98. The van der Waals surface area contributed by atoms with E-state index < -0.39 is 5.91 Å². The summed E-state index contributed by atoms with van der Waals surface area (Å²) in [4.78, 5) is 27.3. The molecule has 0 aliphatic carbocycles. The molecule has 0 radical (unpaired) electrons. The van der Waals surface area contributed by atoms with Crippen LogP contribution in [0.5, 0.6) is 0 Å². The average Bonchev–Trinajstić information content (AvgIpc) is 2.88. The van der Waals surface area contributed by atoms with E-state index in [9.17, 15) is 9.59 Å². The Balaban J connectivity index is 1.85. The highest BCUT2D eigenvalue weighted by molar-refractivity contribution is 7.22. The Morgan fingerprint density at radius 1 is 1.33 bits per heavy atom. The van der Waals surface area contributed by atoms with Crippen molar-refractivity contribution >= 4 is 32.6 Å². The number of rotatable bonds is 3. The predicted octanol–water partition coefficient (Wildman–Crippen LogP) is 2.19. The monoisotopic (exact) mass is 300 g/mol. The number of aromatic nitrogens is 3. The van der Waals surface area contributed by atoms with Crippen molar-refractivity contribution in [2.75, 3.05) is 5.32 Å². The Kier molecular flexibility index (Phi) is 3.49. The molecular weight excluding hydrogens is 288 g/mol. The molecule has 2 aromatic heterocycles. The number of benzene rings is 1. The summed E-state index contributed by atoms with van der Waals surface area (Å²) in [5, 5.41) is 9.11. The quantitative estimate of drug-likeness (QED) is 0.776. The summed E-state index contributed by atoms with van der Waals surface area (Å²) in [5.74, 6) is -0.402. The van der Waals surface area contributed by atoms with Crippen molar-refractivity contribution in [1.29, 1.82) is 0 Å². The number of H-pyrrole nitrogens is 1. The zero-order valence-electron chi connectivity index (χ0n) is 11.2. The summed E-state index contributed by atoms with van der Waals surface area (Å²) >= 11 is 1.41. The van der Waals surface area contributed by atoms with Gasteiger partial charge in [0.2, 0.25) is 0 Å². The van der Waals surface area contributed by atoms with E-state index in [0.717, 1.165) is 16.6 Å². The second-order valence-electron chi connectivity index (χ2n) is 4.44. The van der Waals surface area contributed by atoms with Crippen LogP contribution in [0.1, 0.15) is 23.0 Å². The molecule has 0 unspecified atom stereocenters. The van der Waals surface area contributed by atoms with Gasteiger partial charge in [0.1, 0.15) is 5.69 Å².